The average molecular weight is 1280 g/mol. The number of thioether (sulfide) groups is 2. The zero-order chi connectivity index (χ0) is 64.1. The Hall–Kier alpha value is -0.200. The van der Waals surface area contributed by atoms with Crippen LogP contribution in [0.15, 0.2) is 0 Å². The molecule has 10 heteroatoms. The Morgan fingerprint density at radius 1 is 0.239 bits per heavy atom. The normalized spacial score (nSPS) is 13.3. The van der Waals surface area contributed by atoms with E-state index in [0.717, 1.165) is 101 Å². The lowest BCUT2D eigenvalue weighted by Gasteiger charge is -2.27. The first-order valence-corrected chi connectivity index (χ1v) is 41.6. The summed E-state index contributed by atoms with van der Waals surface area (Å²) in [5, 5.41) is 44.1. The molecule has 0 saturated heterocycles. The van der Waals surface area contributed by atoms with Gasteiger partial charge in [-0.3, -0.25) is 19.4 Å². The summed E-state index contributed by atoms with van der Waals surface area (Å²) in [4.78, 5) is 30.9. The van der Waals surface area contributed by atoms with Crippen LogP contribution in [0.1, 0.15) is 413 Å². The van der Waals surface area contributed by atoms with Crippen molar-refractivity contribution in [3.05, 3.63) is 0 Å². The molecule has 0 aromatic rings. The van der Waals surface area contributed by atoms with E-state index < -0.39 is 34.6 Å². The standard InChI is InChI=1S/C78H156N2O6S2/c1-5-9-13-17-21-25-29-33-37-41-45-49-53-57-61-73(81)69-79(70-74(82)62-58-54-50-46-42-38-34-30-26-22-18-14-10-6-2)65-67-87-77(85)78(86)88-68-66-80(71-75(83)63-59-55-51-47-43-39-35-31-27-23-19-15-11-7-3)72-76(84)64-60-56-52-48-44-40-36-32-28-24-20-16-12-8-4/h73-76,81-84H,5-72H2,1-4H3. The van der Waals surface area contributed by atoms with Crippen LogP contribution >= 0.6 is 23.5 Å². The zero-order valence-corrected chi connectivity index (χ0v) is 61.3. The van der Waals surface area contributed by atoms with Crippen LogP contribution in [0.5, 0.6) is 0 Å². The summed E-state index contributed by atoms with van der Waals surface area (Å²) in [6.07, 6.45) is 74.2. The van der Waals surface area contributed by atoms with Crippen molar-refractivity contribution >= 4 is 33.8 Å². The Balaban J connectivity index is 5.14. The minimum atomic E-state index is -0.484. The third-order valence-electron chi connectivity index (χ3n) is 18.9. The molecule has 0 fully saturated rings. The van der Waals surface area contributed by atoms with E-state index in [1.54, 1.807) is 0 Å². The van der Waals surface area contributed by atoms with Gasteiger partial charge in [-0.1, -0.05) is 411 Å². The number of aliphatic hydroxyl groups is 4. The molecule has 0 aromatic carbocycles. The van der Waals surface area contributed by atoms with Gasteiger partial charge in [-0.15, -0.1) is 0 Å². The third-order valence-corrected chi connectivity index (χ3v) is 20.7. The molecule has 0 aromatic heterocycles. The number of nitrogens with zero attached hydrogens (tertiary/aromatic N) is 2. The molecule has 0 bridgehead atoms. The molecule has 0 heterocycles. The molecule has 0 amide bonds. The number of unbranched alkanes of at least 4 members (excludes halogenated alkanes) is 52. The van der Waals surface area contributed by atoms with Crippen molar-refractivity contribution in [3.63, 3.8) is 0 Å². The molecule has 0 aliphatic carbocycles. The molecule has 0 saturated carbocycles. The Kier molecular flexibility index (Phi) is 72.5. The third kappa shape index (κ3) is 67.2. The van der Waals surface area contributed by atoms with Gasteiger partial charge in [-0.2, -0.15) is 0 Å². The van der Waals surface area contributed by atoms with Crippen molar-refractivity contribution in [3.8, 4) is 0 Å². The first kappa shape index (κ1) is 87.8. The molecule has 4 unspecified atom stereocenters. The second-order valence-corrected chi connectivity index (χ2v) is 30.1. The fourth-order valence-corrected chi connectivity index (χ4v) is 14.7. The zero-order valence-electron chi connectivity index (χ0n) is 59.7. The van der Waals surface area contributed by atoms with E-state index >= 15 is 0 Å². The van der Waals surface area contributed by atoms with Crippen LogP contribution in [0, 0.1) is 0 Å². The largest absolute Gasteiger partial charge is 0.392 e. The summed E-state index contributed by atoms with van der Waals surface area (Å²) >= 11 is 2.13. The molecule has 0 aliphatic heterocycles. The van der Waals surface area contributed by atoms with Gasteiger partial charge in [0.15, 0.2) is 0 Å². The van der Waals surface area contributed by atoms with Gasteiger partial charge in [0.25, 0.3) is 10.2 Å². The maximum Gasteiger partial charge on any atom is 0.266 e. The van der Waals surface area contributed by atoms with E-state index in [2.05, 4.69) is 37.5 Å². The molecule has 0 spiro atoms. The molecule has 4 atom stereocenters. The molecular weight excluding hydrogens is 1120 g/mol. The number of hydrogen-bond acceptors (Lipinski definition) is 10. The highest BCUT2D eigenvalue weighted by atomic mass is 32.2. The fourth-order valence-electron chi connectivity index (χ4n) is 13.0. The van der Waals surface area contributed by atoms with Gasteiger partial charge in [0.05, 0.1) is 24.4 Å². The van der Waals surface area contributed by atoms with Crippen molar-refractivity contribution < 1.29 is 30.0 Å². The number of carbonyl (C=O) groups excluding carboxylic acids is 2. The van der Waals surface area contributed by atoms with E-state index in [9.17, 15) is 30.0 Å². The number of carbonyl (C=O) groups is 2. The van der Waals surface area contributed by atoms with Crippen LogP contribution in [0.2, 0.25) is 0 Å². The predicted octanol–water partition coefficient (Wildman–Crippen LogP) is 23.0. The monoisotopic (exact) mass is 1280 g/mol. The topological polar surface area (TPSA) is 122 Å². The van der Waals surface area contributed by atoms with E-state index in [1.165, 1.54) is 308 Å². The lowest BCUT2D eigenvalue weighted by molar-refractivity contribution is -0.126. The summed E-state index contributed by atoms with van der Waals surface area (Å²) in [7, 11) is 0. The van der Waals surface area contributed by atoms with E-state index in [0.29, 0.717) is 50.8 Å². The molecule has 0 rings (SSSR count). The first-order chi connectivity index (χ1) is 43.2. The average Bonchev–Trinajstić information content (AvgIpc) is 3.51. The molecule has 8 nitrogen and oxygen atoms in total. The van der Waals surface area contributed by atoms with Gasteiger partial charge in [0, 0.05) is 50.8 Å². The fraction of sp³-hybridized carbons (Fsp3) is 0.974. The highest BCUT2D eigenvalue weighted by Gasteiger charge is 2.21. The second kappa shape index (κ2) is 72.6. The Bertz CT molecular complexity index is 1200. The summed E-state index contributed by atoms with van der Waals surface area (Å²) in [6.45, 7) is 12.1. The quantitative estimate of drug-likeness (QED) is 0.0346. The molecule has 4 N–H and O–H groups in total. The van der Waals surface area contributed by atoms with Gasteiger partial charge in [-0.05, 0) is 25.7 Å². The van der Waals surface area contributed by atoms with Crippen LogP contribution in [-0.2, 0) is 9.59 Å². The minimum absolute atomic E-state index is 0.436. The van der Waals surface area contributed by atoms with Crippen LogP contribution in [-0.4, -0.2) is 116 Å². The highest BCUT2D eigenvalue weighted by Crippen LogP contribution is 2.21. The van der Waals surface area contributed by atoms with Crippen LogP contribution < -0.4 is 0 Å². The highest BCUT2D eigenvalue weighted by molar-refractivity contribution is 8.24. The van der Waals surface area contributed by atoms with Gasteiger partial charge < -0.3 is 20.4 Å². The summed E-state index contributed by atoms with van der Waals surface area (Å²) in [5.41, 5.74) is 0. The molecule has 88 heavy (non-hydrogen) atoms. The van der Waals surface area contributed by atoms with Crippen molar-refractivity contribution in [2.45, 2.75) is 437 Å². The molecule has 526 valence electrons. The Morgan fingerprint density at radius 2 is 0.375 bits per heavy atom. The van der Waals surface area contributed by atoms with E-state index in [4.69, 9.17) is 0 Å². The number of aliphatic hydroxyl groups excluding tert-OH is 4. The SMILES string of the molecule is CCCCCCCCCCCCCCCCC(O)CN(CCSC(=O)C(=O)SCCN(CC(O)CCCCCCCCCCCCCCCC)CC(O)CCCCCCCCCCCCCCCC)CC(O)CCCCCCCCCCCCCCCC. The lowest BCUT2D eigenvalue weighted by atomic mass is 10.0. The molecular formula is C78H156N2O6S2. The van der Waals surface area contributed by atoms with Crippen LogP contribution in [0.3, 0.4) is 0 Å². The van der Waals surface area contributed by atoms with Crippen molar-refractivity contribution in [2.75, 3.05) is 50.8 Å². The van der Waals surface area contributed by atoms with Crippen molar-refractivity contribution in [2.24, 2.45) is 0 Å². The van der Waals surface area contributed by atoms with Gasteiger partial charge in [-0.25, -0.2) is 0 Å². The number of hydrogen-bond donors (Lipinski definition) is 4. The maximum atomic E-state index is 13.3. The summed E-state index contributed by atoms with van der Waals surface area (Å²) in [5.74, 6) is 0.872. The van der Waals surface area contributed by atoms with Gasteiger partial charge >= 0.3 is 0 Å². The van der Waals surface area contributed by atoms with Crippen molar-refractivity contribution in [1.29, 1.82) is 0 Å². The van der Waals surface area contributed by atoms with Gasteiger partial charge in [0.1, 0.15) is 0 Å². The summed E-state index contributed by atoms with van der Waals surface area (Å²) < 4.78 is 0. The Morgan fingerprint density at radius 3 is 0.523 bits per heavy atom. The van der Waals surface area contributed by atoms with E-state index in [1.807, 2.05) is 0 Å². The lowest BCUT2D eigenvalue weighted by Crippen LogP contribution is -2.39. The maximum absolute atomic E-state index is 13.3. The molecule has 0 radical (unpaired) electrons. The smallest absolute Gasteiger partial charge is 0.266 e. The van der Waals surface area contributed by atoms with Crippen LogP contribution in [0.4, 0.5) is 0 Å². The van der Waals surface area contributed by atoms with Gasteiger partial charge in [0.2, 0.25) is 0 Å². The molecule has 0 aliphatic rings. The minimum Gasteiger partial charge on any atom is -0.392 e. The van der Waals surface area contributed by atoms with E-state index in [-0.39, 0.29) is 0 Å². The van der Waals surface area contributed by atoms with Crippen LogP contribution in [0.25, 0.3) is 0 Å². The summed E-state index contributed by atoms with van der Waals surface area (Å²) in [6, 6.07) is 0. The number of rotatable bonds is 74. The Labute approximate surface area is 558 Å². The first-order valence-electron chi connectivity index (χ1n) is 39.7. The van der Waals surface area contributed by atoms with Crippen molar-refractivity contribution in [1.82, 2.24) is 9.80 Å². The predicted molar refractivity (Wildman–Crippen MR) is 392 cm³/mol. The second-order valence-electron chi connectivity index (χ2n) is 27.9.